The topological polar surface area (TPSA) is 79.0 Å². The Morgan fingerprint density at radius 2 is 1.75 bits per heavy atom. The molecule has 0 aromatic rings. The van der Waals surface area contributed by atoms with Crippen molar-refractivity contribution < 1.29 is 17.9 Å². The Labute approximate surface area is 151 Å². The van der Waals surface area contributed by atoms with Crippen LogP contribution in [0.3, 0.4) is 0 Å². The van der Waals surface area contributed by atoms with Crippen molar-refractivity contribution in [3.05, 3.63) is 0 Å². The Hall–Kier alpha value is -0.410. The van der Waals surface area contributed by atoms with Crippen LogP contribution in [0.15, 0.2) is 0 Å². The number of hydrogen-bond donors (Lipinski definition) is 1. The van der Waals surface area contributed by atoms with Crippen LogP contribution in [0.2, 0.25) is 0 Å². The molecule has 2 aliphatic heterocycles. The summed E-state index contributed by atoms with van der Waals surface area (Å²) in [6.45, 7) is 9.48. The lowest BCUT2D eigenvalue weighted by atomic mass is 9.88. The number of piperazine rings is 1. The van der Waals surface area contributed by atoms with E-state index < -0.39 is 10.0 Å². The molecule has 1 unspecified atom stereocenters. The summed E-state index contributed by atoms with van der Waals surface area (Å²) in [6, 6.07) is 0. The van der Waals surface area contributed by atoms with Crippen molar-refractivity contribution in [3.63, 3.8) is 0 Å². The van der Waals surface area contributed by atoms with Crippen LogP contribution in [0.1, 0.15) is 20.8 Å². The van der Waals surface area contributed by atoms with Gasteiger partial charge in [-0.3, -0.25) is 4.79 Å². The third kappa shape index (κ3) is 5.56. The molecule has 2 saturated heterocycles. The van der Waals surface area contributed by atoms with Crippen LogP contribution in [-0.2, 0) is 19.6 Å². The van der Waals surface area contributed by atoms with E-state index in [1.54, 1.807) is 4.90 Å². The molecule has 0 spiro atoms. The van der Waals surface area contributed by atoms with Gasteiger partial charge in [-0.05, 0) is 32.9 Å². The standard InChI is InChI=1S/C15H29N3O4S.ClH/c1-12(2)22-8-9-23(20,21)18-6-4-17(5-7-18)15(19)13(3)14-10-16-11-14;/h12-14,16H,4-11H2,1-3H3;1H. The third-order valence-electron chi connectivity index (χ3n) is 4.65. The van der Waals surface area contributed by atoms with Crippen molar-refractivity contribution in [2.75, 3.05) is 51.6 Å². The number of nitrogens with zero attached hydrogens (tertiary/aromatic N) is 2. The molecule has 2 aliphatic rings. The minimum atomic E-state index is -3.30. The molecule has 1 atom stereocenters. The first-order valence-corrected chi connectivity index (χ1v) is 10.0. The molecular weight excluding hydrogens is 354 g/mol. The quantitative estimate of drug-likeness (QED) is 0.677. The molecular formula is C15H30ClN3O4S. The number of hydrogen-bond acceptors (Lipinski definition) is 5. The highest BCUT2D eigenvalue weighted by molar-refractivity contribution is 7.89. The van der Waals surface area contributed by atoms with Gasteiger partial charge in [-0.25, -0.2) is 8.42 Å². The van der Waals surface area contributed by atoms with Gasteiger partial charge in [0.05, 0.1) is 18.5 Å². The fourth-order valence-corrected chi connectivity index (χ4v) is 4.14. The number of amides is 1. The summed E-state index contributed by atoms with van der Waals surface area (Å²) < 4.78 is 31.4. The molecule has 9 heteroatoms. The minimum Gasteiger partial charge on any atom is -0.378 e. The van der Waals surface area contributed by atoms with E-state index in [0.717, 1.165) is 13.1 Å². The van der Waals surface area contributed by atoms with E-state index >= 15 is 0 Å². The van der Waals surface area contributed by atoms with E-state index in [1.165, 1.54) is 4.31 Å². The monoisotopic (exact) mass is 383 g/mol. The molecule has 2 fully saturated rings. The minimum absolute atomic E-state index is 0. The predicted octanol–water partition coefficient (Wildman–Crippen LogP) is 0.163. The molecule has 1 N–H and O–H groups in total. The molecule has 0 aromatic heterocycles. The van der Waals surface area contributed by atoms with E-state index in [-0.39, 0.29) is 42.7 Å². The van der Waals surface area contributed by atoms with Gasteiger partial charge in [-0.15, -0.1) is 12.4 Å². The Bertz CT molecular complexity index is 503. The molecule has 142 valence electrons. The predicted molar refractivity (Wildman–Crippen MR) is 95.8 cm³/mol. The van der Waals surface area contributed by atoms with Crippen molar-refractivity contribution in [1.82, 2.24) is 14.5 Å². The molecule has 7 nitrogen and oxygen atoms in total. The highest BCUT2D eigenvalue weighted by Gasteiger charge is 2.34. The number of rotatable bonds is 7. The molecule has 24 heavy (non-hydrogen) atoms. The molecule has 0 aromatic carbocycles. The van der Waals surface area contributed by atoms with Gasteiger partial charge in [0.1, 0.15) is 0 Å². The lowest BCUT2D eigenvalue weighted by Gasteiger charge is -2.38. The second-order valence-corrected chi connectivity index (χ2v) is 8.76. The summed E-state index contributed by atoms with van der Waals surface area (Å²) in [5.41, 5.74) is 0. The maximum atomic E-state index is 12.4. The van der Waals surface area contributed by atoms with Crippen LogP contribution >= 0.6 is 12.4 Å². The number of carbonyl (C=O) groups excluding carboxylic acids is 1. The number of ether oxygens (including phenoxy) is 1. The van der Waals surface area contributed by atoms with Crippen molar-refractivity contribution in [3.8, 4) is 0 Å². The lowest BCUT2D eigenvalue weighted by Crippen LogP contribution is -2.55. The zero-order valence-corrected chi connectivity index (χ0v) is 16.4. The smallest absolute Gasteiger partial charge is 0.225 e. The first-order valence-electron chi connectivity index (χ1n) is 8.40. The summed E-state index contributed by atoms with van der Waals surface area (Å²) in [6.07, 6.45) is 0.0298. The molecule has 1 amide bonds. The zero-order chi connectivity index (χ0) is 17.0. The van der Waals surface area contributed by atoms with Crippen LogP contribution in [0, 0.1) is 11.8 Å². The van der Waals surface area contributed by atoms with Crippen molar-refractivity contribution in [2.45, 2.75) is 26.9 Å². The van der Waals surface area contributed by atoms with Gasteiger partial charge in [0, 0.05) is 32.1 Å². The summed E-state index contributed by atoms with van der Waals surface area (Å²) in [5.74, 6) is 0.580. The van der Waals surface area contributed by atoms with Crippen molar-refractivity contribution >= 4 is 28.3 Å². The molecule has 0 bridgehead atoms. The summed E-state index contributed by atoms with van der Waals surface area (Å²) >= 11 is 0. The second-order valence-electron chi connectivity index (χ2n) is 6.67. The van der Waals surface area contributed by atoms with E-state index in [1.807, 2.05) is 20.8 Å². The number of nitrogens with one attached hydrogen (secondary N) is 1. The van der Waals surface area contributed by atoms with Crippen molar-refractivity contribution in [1.29, 1.82) is 0 Å². The SMILES string of the molecule is CC(C)OCCS(=O)(=O)N1CCN(C(=O)C(C)C2CNC2)CC1.Cl. The van der Waals surface area contributed by atoms with E-state index in [4.69, 9.17) is 4.74 Å². The van der Waals surface area contributed by atoms with Gasteiger partial charge in [0.15, 0.2) is 0 Å². The largest absolute Gasteiger partial charge is 0.378 e. The molecule has 0 saturated carbocycles. The number of sulfonamides is 1. The molecule has 2 heterocycles. The molecule has 2 rings (SSSR count). The average molecular weight is 384 g/mol. The normalized spacial score (nSPS) is 21.2. The van der Waals surface area contributed by atoms with Gasteiger partial charge in [0.25, 0.3) is 0 Å². The fraction of sp³-hybridized carbons (Fsp3) is 0.933. The molecule has 0 aliphatic carbocycles. The highest BCUT2D eigenvalue weighted by atomic mass is 35.5. The maximum Gasteiger partial charge on any atom is 0.225 e. The van der Waals surface area contributed by atoms with Crippen LogP contribution in [0.25, 0.3) is 0 Å². The average Bonchev–Trinajstić information content (AvgIpc) is 2.44. The third-order valence-corrected chi connectivity index (χ3v) is 6.48. The fourth-order valence-electron chi connectivity index (χ4n) is 2.86. The Kier molecular flexibility index (Phi) is 8.41. The highest BCUT2D eigenvalue weighted by Crippen LogP contribution is 2.20. The lowest BCUT2D eigenvalue weighted by molar-refractivity contribution is -0.138. The van der Waals surface area contributed by atoms with Crippen LogP contribution < -0.4 is 5.32 Å². The van der Waals surface area contributed by atoms with Gasteiger partial charge in [-0.1, -0.05) is 6.92 Å². The van der Waals surface area contributed by atoms with Gasteiger partial charge in [-0.2, -0.15) is 4.31 Å². The van der Waals surface area contributed by atoms with E-state index in [2.05, 4.69) is 5.32 Å². The van der Waals surface area contributed by atoms with Crippen LogP contribution in [0.5, 0.6) is 0 Å². The zero-order valence-electron chi connectivity index (χ0n) is 14.7. The number of carbonyl (C=O) groups is 1. The van der Waals surface area contributed by atoms with Gasteiger partial charge >= 0.3 is 0 Å². The summed E-state index contributed by atoms with van der Waals surface area (Å²) in [7, 11) is -3.30. The van der Waals surface area contributed by atoms with Gasteiger partial charge in [0.2, 0.25) is 15.9 Å². The van der Waals surface area contributed by atoms with Crippen LogP contribution in [0.4, 0.5) is 0 Å². The first-order chi connectivity index (χ1) is 10.8. The number of halogens is 1. The van der Waals surface area contributed by atoms with Crippen molar-refractivity contribution in [2.24, 2.45) is 11.8 Å². The van der Waals surface area contributed by atoms with E-state index in [0.29, 0.717) is 32.1 Å². The van der Waals surface area contributed by atoms with E-state index in [9.17, 15) is 13.2 Å². The summed E-state index contributed by atoms with van der Waals surface area (Å²) in [5, 5.41) is 3.18. The van der Waals surface area contributed by atoms with Gasteiger partial charge < -0.3 is 15.0 Å². The second kappa shape index (κ2) is 9.33. The Morgan fingerprint density at radius 1 is 1.17 bits per heavy atom. The molecule has 0 radical (unpaired) electrons. The Morgan fingerprint density at radius 3 is 2.21 bits per heavy atom. The Balaban J connectivity index is 0.00000288. The van der Waals surface area contributed by atoms with Crippen LogP contribution in [-0.4, -0.2) is 81.3 Å². The first kappa shape index (κ1) is 21.6. The summed E-state index contributed by atoms with van der Waals surface area (Å²) in [4.78, 5) is 14.3. The maximum absolute atomic E-state index is 12.4.